The smallest absolute Gasteiger partial charge is 0.468 e. The van der Waals surface area contributed by atoms with Crippen LogP contribution in [0, 0.1) is 5.92 Å². The van der Waals surface area contributed by atoms with Crippen LogP contribution in [0.1, 0.15) is 163 Å². The van der Waals surface area contributed by atoms with E-state index in [-0.39, 0.29) is 5.56 Å². The van der Waals surface area contributed by atoms with Crippen molar-refractivity contribution in [2.45, 2.75) is 147 Å². The molecule has 3 aromatic heterocycles. The first-order chi connectivity index (χ1) is 33.5. The number of ether oxygens (including phenoxy) is 1. The maximum atomic E-state index is 13.1. The molecule has 4 aliphatic rings. The lowest BCUT2D eigenvalue weighted by Crippen LogP contribution is -2.35. The van der Waals surface area contributed by atoms with Gasteiger partial charge in [0.05, 0.1) is 40.3 Å². The van der Waals surface area contributed by atoms with Crippen LogP contribution in [0.4, 0.5) is 26.3 Å². The summed E-state index contributed by atoms with van der Waals surface area (Å²) in [4.78, 5) is 19.8. The number of nitrogens with two attached hydrogens (primary N) is 1. The van der Waals surface area contributed by atoms with E-state index in [4.69, 9.17) is 15.3 Å². The molecule has 22 heteroatoms. The standard InChI is InChI=1S/C15H15F3N2.C8H11BrN2.C8H12N2.C7H6BF3O2.C7H12O.C3H6O2.H4N2O/c16-15(17,18)13-8-4-3-7-11(13)12-9-19-20-14(12)10-5-1-2-6-10;9-7-5-10-11-8(7)6-3-1-2-4-6;1-2-4-7(3-1)8-5-6-9-10-8;9-7(10,11)5-3-1-2-4-6(5)8(12)13;1-6(8)7-4-2-3-5-7;1-2-5-3-4;1-2-3/h3-4,7-10H,1-2,5-6H2,(H,19,20);5-6H,1-4H2,(H,10,11);5-7H,1-4H2,(H,9,10);1-4,12-13H;7H,2-5H2,1H3;3H,2H2,1H3;2-3H,1H2. The summed E-state index contributed by atoms with van der Waals surface area (Å²) >= 11 is 3.48. The molecule has 3 heterocycles. The normalized spacial score (nSPS) is 16.0. The van der Waals surface area contributed by atoms with Crippen molar-refractivity contribution in [1.82, 2.24) is 36.2 Å². The number of benzene rings is 2. The van der Waals surface area contributed by atoms with Crippen LogP contribution in [-0.4, -0.2) is 71.8 Å². The highest BCUT2D eigenvalue weighted by Crippen LogP contribution is 2.42. The first-order valence-electron chi connectivity index (χ1n) is 23.5. The van der Waals surface area contributed by atoms with Crippen LogP contribution in [0.5, 0.6) is 0 Å². The molecule has 0 amide bonds. The third-order valence-electron chi connectivity index (χ3n) is 12.4. The fourth-order valence-electron chi connectivity index (χ4n) is 8.90. The van der Waals surface area contributed by atoms with Crippen molar-refractivity contribution in [2.24, 2.45) is 11.8 Å². The summed E-state index contributed by atoms with van der Waals surface area (Å²) in [6.07, 6.45) is 16.3. The number of hydrogen-bond donors (Lipinski definition) is 8. The summed E-state index contributed by atoms with van der Waals surface area (Å²) in [7, 11) is -2.10. The van der Waals surface area contributed by atoms with Gasteiger partial charge in [0.2, 0.25) is 0 Å². The van der Waals surface area contributed by atoms with Crippen molar-refractivity contribution in [3.63, 3.8) is 0 Å². The maximum Gasteiger partial charge on any atom is 0.489 e. The summed E-state index contributed by atoms with van der Waals surface area (Å²) in [6, 6.07) is 12.1. The molecule has 4 fully saturated rings. The van der Waals surface area contributed by atoms with E-state index >= 15 is 0 Å². The summed E-state index contributed by atoms with van der Waals surface area (Å²) in [6.45, 7) is 4.37. The summed E-state index contributed by atoms with van der Waals surface area (Å²) in [5.41, 5.74) is 3.38. The molecule has 386 valence electrons. The number of nitrogens with zero attached hydrogens (tertiary/aromatic N) is 3. The number of ketones is 1. The molecule has 0 unspecified atom stereocenters. The van der Waals surface area contributed by atoms with Crippen LogP contribution in [0.2, 0.25) is 0 Å². The molecule has 4 aliphatic carbocycles. The molecule has 0 saturated heterocycles. The minimum atomic E-state index is -4.56. The number of aromatic amines is 3. The molecule has 0 atom stereocenters. The van der Waals surface area contributed by atoms with Crippen LogP contribution < -0.4 is 16.9 Å². The average molecular weight is 1060 g/mol. The molecule has 2 aromatic carbocycles. The van der Waals surface area contributed by atoms with E-state index in [2.05, 4.69) is 63.2 Å². The van der Waals surface area contributed by atoms with Crippen molar-refractivity contribution in [2.75, 3.05) is 6.61 Å². The van der Waals surface area contributed by atoms with E-state index in [1.54, 1.807) is 19.9 Å². The lowest BCUT2D eigenvalue weighted by Gasteiger charge is -2.15. The van der Waals surface area contributed by atoms with Gasteiger partial charge in [0.1, 0.15) is 5.78 Å². The van der Waals surface area contributed by atoms with E-state index < -0.39 is 36.1 Å². The van der Waals surface area contributed by atoms with E-state index in [0.717, 1.165) is 78.7 Å². The Kier molecular flexibility index (Phi) is 26.7. The largest absolute Gasteiger partial charge is 0.489 e. The Balaban J connectivity index is 0.000000230. The second-order valence-electron chi connectivity index (χ2n) is 17.1. The van der Waals surface area contributed by atoms with Crippen LogP contribution in [0.25, 0.3) is 11.1 Å². The van der Waals surface area contributed by atoms with E-state index in [9.17, 15) is 35.9 Å². The van der Waals surface area contributed by atoms with Crippen LogP contribution in [-0.2, 0) is 26.7 Å². The van der Waals surface area contributed by atoms with E-state index in [1.807, 2.05) is 12.4 Å². The third-order valence-corrected chi connectivity index (χ3v) is 13.0. The number of hydrogen-bond acceptors (Lipinski definition) is 11. The van der Waals surface area contributed by atoms with Crippen molar-refractivity contribution in [3.8, 4) is 11.1 Å². The molecule has 0 radical (unpaired) electrons. The van der Waals surface area contributed by atoms with Crippen LogP contribution >= 0.6 is 15.9 Å². The van der Waals surface area contributed by atoms with Gasteiger partial charge in [-0.25, -0.2) is 5.84 Å². The highest BCUT2D eigenvalue weighted by Gasteiger charge is 2.36. The van der Waals surface area contributed by atoms with Gasteiger partial charge < -0.3 is 20.0 Å². The van der Waals surface area contributed by atoms with Crippen molar-refractivity contribution >= 4 is 40.8 Å². The molecule has 5 aromatic rings. The molecule has 0 spiro atoms. The number of alkyl halides is 6. The predicted molar refractivity (Wildman–Crippen MR) is 258 cm³/mol. The minimum Gasteiger partial charge on any atom is -0.468 e. The molecular formula is C48H66BBrF6N8O6. The highest BCUT2D eigenvalue weighted by molar-refractivity contribution is 9.10. The van der Waals surface area contributed by atoms with Gasteiger partial charge in [-0.3, -0.25) is 24.9 Å². The van der Waals surface area contributed by atoms with Gasteiger partial charge in [-0.2, -0.15) is 41.6 Å². The fraction of sp³-hybridized carbons (Fsp3) is 0.521. The zero-order valence-electron chi connectivity index (χ0n) is 39.5. The van der Waals surface area contributed by atoms with Gasteiger partial charge in [-0.15, -0.1) is 5.59 Å². The third kappa shape index (κ3) is 20.1. The number of carbonyl (C=O) groups is 2. The van der Waals surface area contributed by atoms with Crippen LogP contribution in [0.3, 0.4) is 0 Å². The van der Waals surface area contributed by atoms with E-state index in [1.165, 1.54) is 112 Å². The van der Waals surface area contributed by atoms with Gasteiger partial charge in [0.25, 0.3) is 6.47 Å². The lowest BCUT2D eigenvalue weighted by molar-refractivity contribution is -0.137. The Morgan fingerprint density at radius 1 is 0.729 bits per heavy atom. The zero-order chi connectivity index (χ0) is 51.5. The van der Waals surface area contributed by atoms with Gasteiger partial charge >= 0.3 is 19.5 Å². The van der Waals surface area contributed by atoms with Gasteiger partial charge in [0.15, 0.2) is 0 Å². The highest BCUT2D eigenvalue weighted by atomic mass is 79.9. The molecule has 9 rings (SSSR count). The SMILES string of the molecule is Brc1cn[nH]c1C1CCCC1.CC(=O)C1CCCC1.CCOC=O.FC(F)(F)c1ccccc1-c1cn[nH]c1C1CCCC1.NNO.OB(O)c1ccccc1C(F)(F)F.c1cc(C2CCCC2)[nH]n1. The van der Waals surface area contributed by atoms with Gasteiger partial charge in [-0.05, 0) is 104 Å². The lowest BCUT2D eigenvalue weighted by atomic mass is 9.77. The Morgan fingerprint density at radius 3 is 1.61 bits per heavy atom. The first kappa shape index (κ1) is 59.4. The number of hydrazine groups is 1. The number of halogens is 7. The molecule has 0 aliphatic heterocycles. The van der Waals surface area contributed by atoms with Crippen LogP contribution in [0.15, 0.2) is 77.7 Å². The molecule has 4 saturated carbocycles. The average Bonchev–Trinajstić information content (AvgIpc) is 4.19. The Bertz CT molecular complexity index is 2190. The van der Waals surface area contributed by atoms with Gasteiger partial charge in [0, 0.05) is 46.8 Å². The summed E-state index contributed by atoms with van der Waals surface area (Å²) in [5.74, 6) is 6.78. The number of Topliss-reactive ketones (excluding diaryl/α,β-unsaturated/α-hetero) is 1. The van der Waals surface area contributed by atoms with Gasteiger partial charge in [-0.1, -0.05) is 93.8 Å². The number of aromatic nitrogens is 6. The summed E-state index contributed by atoms with van der Waals surface area (Å²) < 4.78 is 81.2. The summed E-state index contributed by atoms with van der Waals surface area (Å²) in [5, 5.41) is 45.2. The Hall–Kier alpha value is -4.87. The monoisotopic (exact) mass is 1050 g/mol. The minimum absolute atomic E-state index is 0.218. The quantitative estimate of drug-likeness (QED) is 0.0240. The fourth-order valence-corrected chi connectivity index (χ4v) is 9.41. The number of nitrogens with one attached hydrogen (secondary N) is 4. The van der Waals surface area contributed by atoms with Crippen molar-refractivity contribution in [3.05, 3.63) is 106 Å². The van der Waals surface area contributed by atoms with Crippen molar-refractivity contribution < 1.29 is 55.9 Å². The van der Waals surface area contributed by atoms with E-state index in [0.29, 0.717) is 36.3 Å². The number of H-pyrrole nitrogens is 3. The molecular weight excluding hydrogens is 989 g/mol. The maximum absolute atomic E-state index is 13.1. The molecule has 9 N–H and O–H groups in total. The Morgan fingerprint density at radius 2 is 1.20 bits per heavy atom. The number of rotatable bonds is 8. The first-order valence-corrected chi connectivity index (χ1v) is 24.3. The topological polar surface area (TPSA) is 228 Å². The second-order valence-corrected chi connectivity index (χ2v) is 17.9. The molecule has 14 nitrogen and oxygen atoms in total. The number of carbonyl (C=O) groups excluding carboxylic acids is 2. The van der Waals surface area contributed by atoms with Crippen molar-refractivity contribution in [1.29, 1.82) is 0 Å². The Labute approximate surface area is 413 Å². The molecule has 0 bridgehead atoms. The molecule has 70 heavy (non-hydrogen) atoms. The second kappa shape index (κ2) is 31.5. The predicted octanol–water partition coefficient (Wildman–Crippen LogP) is 10.8. The zero-order valence-corrected chi connectivity index (χ0v) is 41.1.